The van der Waals surface area contributed by atoms with Crippen LogP contribution in [0.1, 0.15) is 42.0 Å². The maximum atomic E-state index is 3.46. The first-order valence-corrected chi connectivity index (χ1v) is 6.32. The largest absolute Gasteiger partial charge is 0.317 e. The average Bonchev–Trinajstić information content (AvgIpc) is 2.16. The molecular weight excluding hydrogens is 194 g/mol. The highest BCUT2D eigenvalue weighted by Gasteiger charge is 2.31. The van der Waals surface area contributed by atoms with Crippen molar-refractivity contribution in [1.29, 1.82) is 0 Å². The first-order valence-electron chi connectivity index (χ1n) is 6.32. The summed E-state index contributed by atoms with van der Waals surface area (Å²) < 4.78 is 0. The van der Waals surface area contributed by atoms with Crippen LogP contribution in [0.2, 0.25) is 0 Å². The highest BCUT2D eigenvalue weighted by Crippen LogP contribution is 2.37. The van der Waals surface area contributed by atoms with E-state index in [1.54, 1.807) is 5.56 Å². The predicted molar refractivity (Wildman–Crippen MR) is 70.1 cm³/mol. The van der Waals surface area contributed by atoms with E-state index in [1.807, 2.05) is 0 Å². The molecule has 88 valence electrons. The molecule has 1 aromatic carbocycles. The molecule has 1 N–H and O–H groups in total. The molecule has 1 heteroatoms. The second-order valence-electron chi connectivity index (χ2n) is 5.58. The molecule has 1 nitrogen and oxygen atoms in total. The van der Waals surface area contributed by atoms with Gasteiger partial charge in [0.1, 0.15) is 0 Å². The molecule has 0 aliphatic carbocycles. The van der Waals surface area contributed by atoms with Crippen molar-refractivity contribution in [2.75, 3.05) is 13.1 Å². The highest BCUT2D eigenvalue weighted by molar-refractivity contribution is 5.42. The Morgan fingerprint density at radius 2 is 1.50 bits per heavy atom. The van der Waals surface area contributed by atoms with Crippen LogP contribution in [0, 0.1) is 20.8 Å². The van der Waals surface area contributed by atoms with Gasteiger partial charge in [-0.25, -0.2) is 0 Å². The van der Waals surface area contributed by atoms with Crippen LogP contribution in [0.5, 0.6) is 0 Å². The summed E-state index contributed by atoms with van der Waals surface area (Å²) in [6, 6.07) is 4.66. The van der Waals surface area contributed by atoms with Crippen LogP contribution in [-0.2, 0) is 5.41 Å². The third-order valence-corrected chi connectivity index (χ3v) is 3.99. The molecule has 0 bridgehead atoms. The van der Waals surface area contributed by atoms with Gasteiger partial charge in [-0.1, -0.05) is 24.6 Å². The summed E-state index contributed by atoms with van der Waals surface area (Å²) >= 11 is 0. The van der Waals surface area contributed by atoms with Crippen molar-refractivity contribution >= 4 is 0 Å². The second kappa shape index (κ2) is 4.21. The zero-order chi connectivity index (χ0) is 11.8. The van der Waals surface area contributed by atoms with Gasteiger partial charge in [0.25, 0.3) is 0 Å². The van der Waals surface area contributed by atoms with E-state index in [9.17, 15) is 0 Å². The Morgan fingerprint density at radius 1 is 1.00 bits per heavy atom. The van der Waals surface area contributed by atoms with Crippen LogP contribution >= 0.6 is 0 Å². The molecule has 1 aliphatic rings. The summed E-state index contributed by atoms with van der Waals surface area (Å²) in [6.45, 7) is 11.5. The fourth-order valence-electron chi connectivity index (χ4n) is 3.36. The zero-order valence-electron chi connectivity index (χ0n) is 11.0. The molecule has 1 saturated heterocycles. The summed E-state index contributed by atoms with van der Waals surface area (Å²) in [4.78, 5) is 0. The number of hydrogen-bond acceptors (Lipinski definition) is 1. The molecule has 1 heterocycles. The number of benzene rings is 1. The maximum absolute atomic E-state index is 3.46. The number of rotatable bonds is 1. The quantitative estimate of drug-likeness (QED) is 0.761. The number of aryl methyl sites for hydroxylation is 3. The van der Waals surface area contributed by atoms with Crippen molar-refractivity contribution in [2.45, 2.75) is 46.0 Å². The van der Waals surface area contributed by atoms with Gasteiger partial charge in [0.15, 0.2) is 0 Å². The minimum atomic E-state index is 0.382. The SMILES string of the molecule is Cc1cc(C)c(C2(C)CCNCC2)c(C)c1. The van der Waals surface area contributed by atoms with E-state index < -0.39 is 0 Å². The number of nitrogens with one attached hydrogen (secondary N) is 1. The van der Waals surface area contributed by atoms with Crippen LogP contribution in [0.3, 0.4) is 0 Å². The summed E-state index contributed by atoms with van der Waals surface area (Å²) in [5.41, 5.74) is 6.31. The lowest BCUT2D eigenvalue weighted by molar-refractivity contribution is 0.332. The molecule has 0 radical (unpaired) electrons. The monoisotopic (exact) mass is 217 g/mol. The predicted octanol–water partition coefficient (Wildman–Crippen LogP) is 3.25. The van der Waals surface area contributed by atoms with E-state index in [-0.39, 0.29) is 0 Å². The highest BCUT2D eigenvalue weighted by atomic mass is 14.9. The normalized spacial score (nSPS) is 19.8. The van der Waals surface area contributed by atoms with Crippen LogP contribution in [0.15, 0.2) is 12.1 Å². The van der Waals surface area contributed by atoms with Gasteiger partial charge in [0.05, 0.1) is 0 Å². The van der Waals surface area contributed by atoms with E-state index in [4.69, 9.17) is 0 Å². The molecule has 1 aliphatic heterocycles. The summed E-state index contributed by atoms with van der Waals surface area (Å²) in [7, 11) is 0. The molecule has 0 aromatic heterocycles. The summed E-state index contributed by atoms with van der Waals surface area (Å²) in [6.07, 6.45) is 2.52. The van der Waals surface area contributed by atoms with Gasteiger partial charge in [-0.3, -0.25) is 0 Å². The minimum absolute atomic E-state index is 0.382. The molecule has 0 unspecified atom stereocenters. The van der Waals surface area contributed by atoms with Crippen LogP contribution in [0.4, 0.5) is 0 Å². The van der Waals surface area contributed by atoms with Crippen LogP contribution < -0.4 is 5.32 Å². The summed E-state index contributed by atoms with van der Waals surface area (Å²) in [5.74, 6) is 0. The molecular formula is C15H23N. The van der Waals surface area contributed by atoms with Crippen molar-refractivity contribution in [3.8, 4) is 0 Å². The van der Waals surface area contributed by atoms with Crippen molar-refractivity contribution in [3.63, 3.8) is 0 Å². The minimum Gasteiger partial charge on any atom is -0.317 e. The van der Waals surface area contributed by atoms with Crippen molar-refractivity contribution in [3.05, 3.63) is 34.4 Å². The number of hydrogen-bond donors (Lipinski definition) is 1. The van der Waals surface area contributed by atoms with E-state index in [0.717, 1.165) is 13.1 Å². The lowest BCUT2D eigenvalue weighted by Crippen LogP contribution is -2.38. The Bertz CT molecular complexity index is 363. The third-order valence-electron chi connectivity index (χ3n) is 3.99. The van der Waals surface area contributed by atoms with Gasteiger partial charge in [-0.15, -0.1) is 0 Å². The van der Waals surface area contributed by atoms with E-state index in [1.165, 1.54) is 29.5 Å². The fraction of sp³-hybridized carbons (Fsp3) is 0.600. The fourth-order valence-corrected chi connectivity index (χ4v) is 3.36. The van der Waals surface area contributed by atoms with E-state index >= 15 is 0 Å². The topological polar surface area (TPSA) is 12.0 Å². The van der Waals surface area contributed by atoms with Gasteiger partial charge < -0.3 is 5.32 Å². The molecule has 1 fully saturated rings. The Balaban J connectivity index is 2.46. The van der Waals surface area contributed by atoms with Gasteiger partial charge in [-0.05, 0) is 68.8 Å². The molecule has 0 spiro atoms. The van der Waals surface area contributed by atoms with E-state index in [0.29, 0.717) is 5.41 Å². The molecule has 1 aromatic rings. The van der Waals surface area contributed by atoms with Crippen LogP contribution in [0.25, 0.3) is 0 Å². The van der Waals surface area contributed by atoms with Gasteiger partial charge in [0, 0.05) is 0 Å². The lowest BCUT2D eigenvalue weighted by Gasteiger charge is -2.37. The van der Waals surface area contributed by atoms with Crippen molar-refractivity contribution in [2.24, 2.45) is 0 Å². The van der Waals surface area contributed by atoms with Crippen molar-refractivity contribution < 1.29 is 0 Å². The van der Waals surface area contributed by atoms with Gasteiger partial charge >= 0.3 is 0 Å². The first-order chi connectivity index (χ1) is 7.53. The molecule has 0 saturated carbocycles. The standard InChI is InChI=1S/C15H23N/c1-11-9-12(2)14(13(3)10-11)15(4)5-7-16-8-6-15/h9-10,16H,5-8H2,1-4H3. The molecule has 0 amide bonds. The summed E-state index contributed by atoms with van der Waals surface area (Å²) in [5, 5.41) is 3.46. The smallest absolute Gasteiger partial charge is 0.00405 e. The van der Waals surface area contributed by atoms with Crippen molar-refractivity contribution in [1.82, 2.24) is 5.32 Å². The zero-order valence-corrected chi connectivity index (χ0v) is 11.0. The Hall–Kier alpha value is -0.820. The molecule has 0 atom stereocenters. The Kier molecular flexibility index (Phi) is 3.07. The lowest BCUT2D eigenvalue weighted by atomic mass is 9.71. The first kappa shape index (κ1) is 11.7. The van der Waals surface area contributed by atoms with Gasteiger partial charge in [-0.2, -0.15) is 0 Å². The molecule has 16 heavy (non-hydrogen) atoms. The molecule has 2 rings (SSSR count). The number of piperidine rings is 1. The Morgan fingerprint density at radius 3 is 2.00 bits per heavy atom. The third kappa shape index (κ3) is 2.01. The second-order valence-corrected chi connectivity index (χ2v) is 5.58. The Labute approximate surface area is 99.3 Å². The van der Waals surface area contributed by atoms with Gasteiger partial charge in [0.2, 0.25) is 0 Å². The maximum Gasteiger partial charge on any atom is -0.00405 e. The average molecular weight is 217 g/mol. The van der Waals surface area contributed by atoms with Crippen LogP contribution in [-0.4, -0.2) is 13.1 Å². The van der Waals surface area contributed by atoms with E-state index in [2.05, 4.69) is 45.1 Å².